The molecule has 0 fully saturated rings. The minimum absolute atomic E-state index is 0.0262. The molecule has 3 rings (SSSR count). The first-order valence-electron chi connectivity index (χ1n) is 6.32. The minimum atomic E-state index is -0.265. The number of nitrogens with one attached hydrogen (secondary N) is 2. The molecular weight excluding hydrogens is 257 g/mol. The Bertz CT molecular complexity index is 685. The number of benzene rings is 2. The molecule has 0 spiro atoms. The molecule has 1 aliphatic rings. The van der Waals surface area contributed by atoms with Gasteiger partial charge in [-0.3, -0.25) is 4.79 Å². The van der Waals surface area contributed by atoms with Crippen molar-refractivity contribution < 1.29 is 9.18 Å². The van der Waals surface area contributed by atoms with E-state index in [1.54, 1.807) is 12.1 Å². The van der Waals surface area contributed by atoms with Gasteiger partial charge in [-0.15, -0.1) is 0 Å². The van der Waals surface area contributed by atoms with Crippen molar-refractivity contribution in [1.29, 1.82) is 0 Å². The highest BCUT2D eigenvalue weighted by Crippen LogP contribution is 2.31. The SMILES string of the molecule is Nc1cc2c(cc1NCc1cccc(F)c1)NC(=O)C2. The summed E-state index contributed by atoms with van der Waals surface area (Å²) >= 11 is 0. The summed E-state index contributed by atoms with van der Waals surface area (Å²) in [4.78, 5) is 11.3. The van der Waals surface area contributed by atoms with E-state index in [0.717, 1.165) is 22.5 Å². The highest BCUT2D eigenvalue weighted by atomic mass is 19.1. The normalized spacial score (nSPS) is 12.9. The molecule has 0 atom stereocenters. The molecule has 20 heavy (non-hydrogen) atoms. The van der Waals surface area contributed by atoms with Crippen molar-refractivity contribution in [2.75, 3.05) is 16.4 Å². The second-order valence-electron chi connectivity index (χ2n) is 4.81. The van der Waals surface area contributed by atoms with E-state index in [-0.39, 0.29) is 11.7 Å². The third-order valence-corrected chi connectivity index (χ3v) is 3.27. The van der Waals surface area contributed by atoms with Gasteiger partial charge in [0.15, 0.2) is 0 Å². The Kier molecular flexibility index (Phi) is 3.02. The first-order valence-corrected chi connectivity index (χ1v) is 6.32. The number of nitrogen functional groups attached to an aromatic ring is 1. The number of fused-ring (bicyclic) bond motifs is 1. The van der Waals surface area contributed by atoms with Crippen LogP contribution in [0, 0.1) is 5.82 Å². The van der Waals surface area contributed by atoms with Crippen molar-refractivity contribution in [3.63, 3.8) is 0 Å². The van der Waals surface area contributed by atoms with E-state index in [4.69, 9.17) is 5.73 Å². The van der Waals surface area contributed by atoms with E-state index >= 15 is 0 Å². The van der Waals surface area contributed by atoms with Crippen molar-refractivity contribution in [3.8, 4) is 0 Å². The molecule has 0 radical (unpaired) electrons. The smallest absolute Gasteiger partial charge is 0.228 e. The monoisotopic (exact) mass is 271 g/mol. The molecular formula is C15H14FN3O. The highest BCUT2D eigenvalue weighted by molar-refractivity contribution is 6.00. The molecule has 0 aliphatic carbocycles. The number of amides is 1. The molecule has 5 heteroatoms. The van der Waals surface area contributed by atoms with Crippen LogP contribution < -0.4 is 16.4 Å². The van der Waals surface area contributed by atoms with Crippen LogP contribution in [0.3, 0.4) is 0 Å². The second-order valence-corrected chi connectivity index (χ2v) is 4.81. The molecule has 1 heterocycles. The minimum Gasteiger partial charge on any atom is -0.397 e. The van der Waals surface area contributed by atoms with E-state index in [9.17, 15) is 9.18 Å². The van der Waals surface area contributed by atoms with Crippen molar-refractivity contribution >= 4 is 23.0 Å². The number of hydrogen-bond acceptors (Lipinski definition) is 3. The molecule has 0 saturated heterocycles. The molecule has 1 aliphatic heterocycles. The topological polar surface area (TPSA) is 67.2 Å². The molecule has 102 valence electrons. The van der Waals surface area contributed by atoms with Gasteiger partial charge < -0.3 is 16.4 Å². The van der Waals surface area contributed by atoms with Crippen LogP contribution in [-0.4, -0.2) is 5.91 Å². The lowest BCUT2D eigenvalue weighted by Crippen LogP contribution is -2.04. The lowest BCUT2D eigenvalue weighted by molar-refractivity contribution is -0.115. The lowest BCUT2D eigenvalue weighted by atomic mass is 10.1. The molecule has 1 amide bonds. The van der Waals surface area contributed by atoms with Gasteiger partial charge in [0.25, 0.3) is 0 Å². The van der Waals surface area contributed by atoms with Crippen LogP contribution in [0.4, 0.5) is 21.5 Å². The van der Waals surface area contributed by atoms with Crippen molar-refractivity contribution in [3.05, 3.63) is 53.3 Å². The standard InChI is InChI=1S/C15H14FN3O/c16-11-3-1-2-9(4-11)8-18-14-7-13-10(5-12(14)17)6-15(20)19-13/h1-5,7,18H,6,8,17H2,(H,19,20). The summed E-state index contributed by atoms with van der Waals surface area (Å²) in [7, 11) is 0. The zero-order chi connectivity index (χ0) is 14.1. The molecule has 2 aromatic rings. The number of carbonyl (C=O) groups is 1. The molecule has 0 unspecified atom stereocenters. The number of carbonyl (C=O) groups excluding carboxylic acids is 1. The fraction of sp³-hybridized carbons (Fsp3) is 0.133. The number of nitrogens with two attached hydrogens (primary N) is 1. The van der Waals surface area contributed by atoms with Crippen LogP contribution in [-0.2, 0) is 17.8 Å². The average Bonchev–Trinajstić information content (AvgIpc) is 2.75. The Morgan fingerprint density at radius 3 is 2.95 bits per heavy atom. The van der Waals surface area contributed by atoms with Crippen LogP contribution in [0.2, 0.25) is 0 Å². The van der Waals surface area contributed by atoms with Gasteiger partial charge in [0.1, 0.15) is 5.82 Å². The summed E-state index contributed by atoms with van der Waals surface area (Å²) in [6.45, 7) is 0.467. The van der Waals surface area contributed by atoms with Crippen LogP contribution in [0.5, 0.6) is 0 Å². The Morgan fingerprint density at radius 2 is 2.15 bits per heavy atom. The third kappa shape index (κ3) is 2.42. The van der Waals surface area contributed by atoms with Gasteiger partial charge in [0, 0.05) is 12.2 Å². The maximum absolute atomic E-state index is 13.1. The first-order chi connectivity index (χ1) is 9.61. The summed E-state index contributed by atoms with van der Waals surface area (Å²) in [5.41, 5.74) is 9.79. The zero-order valence-corrected chi connectivity index (χ0v) is 10.7. The Labute approximate surface area is 115 Å². The fourth-order valence-corrected chi connectivity index (χ4v) is 2.29. The largest absolute Gasteiger partial charge is 0.397 e. The van der Waals surface area contributed by atoms with Crippen molar-refractivity contribution in [2.24, 2.45) is 0 Å². The summed E-state index contributed by atoms with van der Waals surface area (Å²) in [5.74, 6) is -0.292. The summed E-state index contributed by atoms with van der Waals surface area (Å²) in [6.07, 6.45) is 0.365. The zero-order valence-electron chi connectivity index (χ0n) is 10.7. The predicted octanol–water partition coefficient (Wildman–Crippen LogP) is 2.51. The summed E-state index contributed by atoms with van der Waals surface area (Å²) in [5, 5.41) is 5.94. The van der Waals surface area contributed by atoms with Gasteiger partial charge in [-0.2, -0.15) is 0 Å². The van der Waals surface area contributed by atoms with Crippen LogP contribution >= 0.6 is 0 Å². The molecule has 0 saturated carbocycles. The number of halogens is 1. The average molecular weight is 271 g/mol. The van der Waals surface area contributed by atoms with E-state index in [0.29, 0.717) is 18.7 Å². The molecule has 0 bridgehead atoms. The van der Waals surface area contributed by atoms with Gasteiger partial charge >= 0.3 is 0 Å². The van der Waals surface area contributed by atoms with Crippen molar-refractivity contribution in [2.45, 2.75) is 13.0 Å². The van der Waals surface area contributed by atoms with E-state index in [1.807, 2.05) is 12.1 Å². The first kappa shape index (κ1) is 12.5. The molecule has 0 aromatic heterocycles. The molecule has 2 aromatic carbocycles. The quantitative estimate of drug-likeness (QED) is 0.751. The van der Waals surface area contributed by atoms with E-state index in [2.05, 4.69) is 10.6 Å². The fourth-order valence-electron chi connectivity index (χ4n) is 2.29. The van der Waals surface area contributed by atoms with Gasteiger partial charge in [0.2, 0.25) is 5.91 Å². The Balaban J connectivity index is 1.78. The Morgan fingerprint density at radius 1 is 1.30 bits per heavy atom. The van der Waals surface area contributed by atoms with Crippen LogP contribution in [0.15, 0.2) is 36.4 Å². The Hall–Kier alpha value is -2.56. The van der Waals surface area contributed by atoms with Gasteiger partial charge in [-0.05, 0) is 35.4 Å². The third-order valence-electron chi connectivity index (χ3n) is 3.27. The van der Waals surface area contributed by atoms with Gasteiger partial charge in [-0.25, -0.2) is 4.39 Å². The molecule has 4 nitrogen and oxygen atoms in total. The van der Waals surface area contributed by atoms with Crippen molar-refractivity contribution in [1.82, 2.24) is 0 Å². The van der Waals surface area contributed by atoms with Gasteiger partial charge in [0.05, 0.1) is 17.8 Å². The van der Waals surface area contributed by atoms with Gasteiger partial charge in [-0.1, -0.05) is 12.1 Å². The number of anilines is 3. The second kappa shape index (κ2) is 4.85. The summed E-state index contributed by atoms with van der Waals surface area (Å²) < 4.78 is 13.1. The van der Waals surface area contributed by atoms with E-state index in [1.165, 1.54) is 12.1 Å². The van der Waals surface area contributed by atoms with Crippen LogP contribution in [0.25, 0.3) is 0 Å². The van der Waals surface area contributed by atoms with Crippen LogP contribution in [0.1, 0.15) is 11.1 Å². The molecule has 4 N–H and O–H groups in total. The maximum Gasteiger partial charge on any atom is 0.228 e. The lowest BCUT2D eigenvalue weighted by Gasteiger charge is -2.11. The van der Waals surface area contributed by atoms with E-state index < -0.39 is 0 Å². The predicted molar refractivity (Wildman–Crippen MR) is 76.9 cm³/mol. The summed E-state index contributed by atoms with van der Waals surface area (Å²) in [6, 6.07) is 9.98. The number of rotatable bonds is 3. The maximum atomic E-state index is 13.1. The highest BCUT2D eigenvalue weighted by Gasteiger charge is 2.19. The number of hydrogen-bond donors (Lipinski definition) is 3.